The van der Waals surface area contributed by atoms with Gasteiger partial charge in [-0.15, -0.1) is 11.3 Å². The van der Waals surface area contributed by atoms with E-state index in [-0.39, 0.29) is 18.4 Å². The number of carbonyl (C=O) groups excluding carboxylic acids is 2. The van der Waals surface area contributed by atoms with E-state index >= 15 is 0 Å². The van der Waals surface area contributed by atoms with E-state index in [1.54, 1.807) is 16.2 Å². The van der Waals surface area contributed by atoms with Gasteiger partial charge in [0, 0.05) is 56.6 Å². The highest BCUT2D eigenvalue weighted by Crippen LogP contribution is 2.24. The molecule has 0 atom stereocenters. The zero-order valence-corrected chi connectivity index (χ0v) is 16.9. The zero-order valence-electron chi connectivity index (χ0n) is 16.0. The SMILES string of the molecule is O=C(CN1CCCCC1=O)N1CCN(Cc2csc(-c3ccccc3)n2)CC1. The molecule has 0 radical (unpaired) electrons. The summed E-state index contributed by atoms with van der Waals surface area (Å²) in [6.07, 6.45) is 2.54. The van der Waals surface area contributed by atoms with Crippen molar-refractivity contribution in [2.45, 2.75) is 25.8 Å². The van der Waals surface area contributed by atoms with Gasteiger partial charge in [-0.1, -0.05) is 30.3 Å². The van der Waals surface area contributed by atoms with Crippen molar-refractivity contribution >= 4 is 23.2 Å². The lowest BCUT2D eigenvalue weighted by molar-refractivity contribution is -0.142. The van der Waals surface area contributed by atoms with Crippen molar-refractivity contribution in [2.24, 2.45) is 0 Å². The molecule has 2 aliphatic heterocycles. The lowest BCUT2D eigenvalue weighted by atomic mass is 10.1. The van der Waals surface area contributed by atoms with E-state index in [0.717, 1.165) is 68.4 Å². The van der Waals surface area contributed by atoms with Crippen molar-refractivity contribution in [3.8, 4) is 10.6 Å². The summed E-state index contributed by atoms with van der Waals surface area (Å²) >= 11 is 1.68. The molecule has 2 aromatic rings. The van der Waals surface area contributed by atoms with E-state index in [9.17, 15) is 9.59 Å². The maximum absolute atomic E-state index is 12.5. The van der Waals surface area contributed by atoms with Crippen LogP contribution >= 0.6 is 11.3 Å². The summed E-state index contributed by atoms with van der Waals surface area (Å²) < 4.78 is 0. The minimum absolute atomic E-state index is 0.0786. The Hall–Kier alpha value is -2.25. The summed E-state index contributed by atoms with van der Waals surface area (Å²) in [5, 5.41) is 3.18. The fourth-order valence-electron chi connectivity index (χ4n) is 3.77. The number of likely N-dealkylation sites (tertiary alicyclic amines) is 1. The molecule has 2 saturated heterocycles. The number of piperidine rings is 1. The van der Waals surface area contributed by atoms with E-state index in [1.165, 1.54) is 0 Å². The molecule has 0 N–H and O–H groups in total. The molecule has 148 valence electrons. The Kier molecular flexibility index (Phi) is 6.02. The number of benzene rings is 1. The fraction of sp³-hybridized carbons (Fsp3) is 0.476. The Morgan fingerprint density at radius 1 is 1.04 bits per heavy atom. The maximum atomic E-state index is 12.5. The van der Waals surface area contributed by atoms with Crippen LogP contribution in [-0.2, 0) is 16.1 Å². The van der Waals surface area contributed by atoms with Gasteiger partial charge < -0.3 is 9.80 Å². The topological polar surface area (TPSA) is 56.8 Å². The third kappa shape index (κ3) is 4.59. The molecule has 0 bridgehead atoms. The second-order valence-corrected chi connectivity index (χ2v) is 8.30. The van der Waals surface area contributed by atoms with Crippen LogP contribution in [0.15, 0.2) is 35.7 Å². The predicted octanol–water partition coefficient (Wildman–Crippen LogP) is 2.47. The second-order valence-electron chi connectivity index (χ2n) is 7.44. The predicted molar refractivity (Wildman–Crippen MR) is 110 cm³/mol. The normalized spacial score (nSPS) is 18.5. The van der Waals surface area contributed by atoms with Gasteiger partial charge in [0.2, 0.25) is 11.8 Å². The molecule has 6 nitrogen and oxygen atoms in total. The Labute approximate surface area is 169 Å². The van der Waals surface area contributed by atoms with Crippen LogP contribution in [-0.4, -0.2) is 70.8 Å². The van der Waals surface area contributed by atoms with E-state index in [2.05, 4.69) is 22.4 Å². The smallest absolute Gasteiger partial charge is 0.242 e. The standard InChI is InChI=1S/C21H26N4O2S/c26-19-8-4-5-9-25(19)15-20(27)24-12-10-23(11-13-24)14-18-16-28-21(22-18)17-6-2-1-3-7-17/h1-3,6-7,16H,4-5,8-15H2. The van der Waals surface area contributed by atoms with E-state index in [0.29, 0.717) is 6.42 Å². The quantitative estimate of drug-likeness (QED) is 0.776. The molecule has 7 heteroatoms. The van der Waals surface area contributed by atoms with Crippen molar-refractivity contribution < 1.29 is 9.59 Å². The maximum Gasteiger partial charge on any atom is 0.242 e. The Bertz CT molecular complexity index is 815. The molecular weight excluding hydrogens is 372 g/mol. The van der Waals surface area contributed by atoms with Crippen LogP contribution < -0.4 is 0 Å². The zero-order chi connectivity index (χ0) is 19.3. The van der Waals surface area contributed by atoms with Gasteiger partial charge in [-0.05, 0) is 12.8 Å². The average molecular weight is 399 g/mol. The van der Waals surface area contributed by atoms with E-state index < -0.39 is 0 Å². The van der Waals surface area contributed by atoms with Crippen molar-refractivity contribution in [1.82, 2.24) is 19.7 Å². The Morgan fingerprint density at radius 3 is 2.57 bits per heavy atom. The van der Waals surface area contributed by atoms with Crippen LogP contribution in [0.3, 0.4) is 0 Å². The van der Waals surface area contributed by atoms with Crippen molar-refractivity contribution in [3.63, 3.8) is 0 Å². The first-order valence-corrected chi connectivity index (χ1v) is 10.8. The van der Waals surface area contributed by atoms with Crippen molar-refractivity contribution in [3.05, 3.63) is 41.4 Å². The van der Waals surface area contributed by atoms with Crippen LogP contribution in [0.5, 0.6) is 0 Å². The van der Waals surface area contributed by atoms with Crippen LogP contribution in [0.25, 0.3) is 10.6 Å². The first kappa shape index (κ1) is 19.1. The number of amides is 2. The highest BCUT2D eigenvalue weighted by Gasteiger charge is 2.26. The van der Waals surface area contributed by atoms with Gasteiger partial charge in [-0.2, -0.15) is 0 Å². The van der Waals surface area contributed by atoms with E-state index in [1.807, 2.05) is 23.1 Å². The summed E-state index contributed by atoms with van der Waals surface area (Å²) in [6, 6.07) is 10.2. The molecule has 4 rings (SSSR count). The number of rotatable bonds is 5. The minimum atomic E-state index is 0.0786. The third-order valence-electron chi connectivity index (χ3n) is 5.43. The van der Waals surface area contributed by atoms with Gasteiger partial charge in [-0.3, -0.25) is 14.5 Å². The number of aromatic nitrogens is 1. The van der Waals surface area contributed by atoms with Gasteiger partial charge >= 0.3 is 0 Å². The molecule has 1 aromatic carbocycles. The fourth-order valence-corrected chi connectivity index (χ4v) is 4.59. The molecule has 2 amide bonds. The molecule has 2 fully saturated rings. The molecule has 0 saturated carbocycles. The number of hydrogen-bond acceptors (Lipinski definition) is 5. The molecular formula is C21H26N4O2S. The second kappa shape index (κ2) is 8.84. The third-order valence-corrected chi connectivity index (χ3v) is 6.37. The molecule has 0 spiro atoms. The number of thiazole rings is 1. The highest BCUT2D eigenvalue weighted by atomic mass is 32.1. The minimum Gasteiger partial charge on any atom is -0.339 e. The van der Waals surface area contributed by atoms with Gasteiger partial charge in [0.15, 0.2) is 0 Å². The van der Waals surface area contributed by atoms with Gasteiger partial charge in [0.1, 0.15) is 5.01 Å². The highest BCUT2D eigenvalue weighted by molar-refractivity contribution is 7.13. The number of nitrogens with zero attached hydrogens (tertiary/aromatic N) is 4. The van der Waals surface area contributed by atoms with Crippen LogP contribution in [0.2, 0.25) is 0 Å². The Balaban J connectivity index is 1.26. The van der Waals surface area contributed by atoms with Crippen LogP contribution in [0.4, 0.5) is 0 Å². The molecule has 0 aliphatic carbocycles. The van der Waals surface area contributed by atoms with Crippen LogP contribution in [0, 0.1) is 0 Å². The number of piperazine rings is 1. The average Bonchev–Trinajstić information content (AvgIpc) is 3.19. The molecule has 2 aliphatic rings. The lowest BCUT2D eigenvalue weighted by Crippen LogP contribution is -2.52. The summed E-state index contributed by atoms with van der Waals surface area (Å²) in [7, 11) is 0. The van der Waals surface area contributed by atoms with Gasteiger partial charge in [0.05, 0.1) is 12.2 Å². The largest absolute Gasteiger partial charge is 0.339 e. The Morgan fingerprint density at radius 2 is 1.82 bits per heavy atom. The van der Waals surface area contributed by atoms with Crippen molar-refractivity contribution in [2.75, 3.05) is 39.3 Å². The summed E-state index contributed by atoms with van der Waals surface area (Å²) in [6.45, 7) is 4.91. The molecule has 3 heterocycles. The lowest BCUT2D eigenvalue weighted by Gasteiger charge is -2.36. The van der Waals surface area contributed by atoms with Crippen molar-refractivity contribution in [1.29, 1.82) is 0 Å². The first-order valence-electron chi connectivity index (χ1n) is 9.97. The number of hydrogen-bond donors (Lipinski definition) is 0. The number of carbonyl (C=O) groups is 2. The van der Waals surface area contributed by atoms with E-state index in [4.69, 9.17) is 4.98 Å². The van der Waals surface area contributed by atoms with Gasteiger partial charge in [0.25, 0.3) is 0 Å². The first-order chi connectivity index (χ1) is 13.7. The molecule has 0 unspecified atom stereocenters. The molecule has 28 heavy (non-hydrogen) atoms. The summed E-state index contributed by atoms with van der Waals surface area (Å²) in [4.78, 5) is 35.2. The van der Waals surface area contributed by atoms with Gasteiger partial charge in [-0.25, -0.2) is 4.98 Å². The monoisotopic (exact) mass is 398 g/mol. The van der Waals surface area contributed by atoms with Crippen LogP contribution in [0.1, 0.15) is 25.0 Å². The summed E-state index contributed by atoms with van der Waals surface area (Å²) in [5.41, 5.74) is 2.24. The summed E-state index contributed by atoms with van der Waals surface area (Å²) in [5.74, 6) is 0.200. The molecule has 1 aromatic heterocycles.